The van der Waals surface area contributed by atoms with Crippen molar-refractivity contribution < 1.29 is 9.90 Å². The molecule has 1 heterocycles. The first kappa shape index (κ1) is 17.3. The van der Waals surface area contributed by atoms with Crippen LogP contribution in [0.5, 0.6) is 0 Å². The highest BCUT2D eigenvalue weighted by molar-refractivity contribution is 7.71. The van der Waals surface area contributed by atoms with Gasteiger partial charge in [-0.2, -0.15) is 14.9 Å². The van der Waals surface area contributed by atoms with E-state index in [1.165, 1.54) is 6.21 Å². The van der Waals surface area contributed by atoms with Crippen molar-refractivity contribution >= 4 is 47.6 Å². The summed E-state index contributed by atoms with van der Waals surface area (Å²) in [5.74, 6) is -1.03. The van der Waals surface area contributed by atoms with Crippen LogP contribution in [0.1, 0.15) is 17.7 Å². The van der Waals surface area contributed by atoms with Gasteiger partial charge in [0.05, 0.1) is 22.7 Å². The van der Waals surface area contributed by atoms with Crippen molar-refractivity contribution in [1.29, 1.82) is 0 Å². The molecular formula is C13H10Cl2N4O3S. The summed E-state index contributed by atoms with van der Waals surface area (Å²) in [5.41, 5.74) is -0.0656. The highest BCUT2D eigenvalue weighted by Gasteiger charge is 2.09. The van der Waals surface area contributed by atoms with Gasteiger partial charge >= 0.3 is 5.97 Å². The minimum absolute atomic E-state index is 0.0235. The molecule has 0 aliphatic heterocycles. The van der Waals surface area contributed by atoms with Crippen molar-refractivity contribution in [3.63, 3.8) is 0 Å². The van der Waals surface area contributed by atoms with E-state index in [4.69, 9.17) is 40.5 Å². The fraction of sp³-hybridized carbons (Fsp3) is 0.154. The predicted molar refractivity (Wildman–Crippen MR) is 89.1 cm³/mol. The van der Waals surface area contributed by atoms with Crippen molar-refractivity contribution in [2.75, 3.05) is 0 Å². The van der Waals surface area contributed by atoms with Crippen LogP contribution in [-0.2, 0) is 11.2 Å². The molecule has 0 bridgehead atoms. The van der Waals surface area contributed by atoms with Gasteiger partial charge in [-0.3, -0.25) is 14.7 Å². The molecule has 10 heteroatoms. The van der Waals surface area contributed by atoms with Crippen LogP contribution in [0.2, 0.25) is 10.0 Å². The zero-order valence-corrected chi connectivity index (χ0v) is 13.8. The smallest absolute Gasteiger partial charge is 0.303 e. The number of aromatic nitrogens is 3. The average Bonchev–Trinajstić information content (AvgIpc) is 2.50. The maximum Gasteiger partial charge on any atom is 0.303 e. The summed E-state index contributed by atoms with van der Waals surface area (Å²) >= 11 is 16.9. The molecule has 0 saturated carbocycles. The van der Waals surface area contributed by atoms with E-state index in [1.54, 1.807) is 18.2 Å². The lowest BCUT2D eigenvalue weighted by Crippen LogP contribution is -2.25. The Hall–Kier alpha value is -2.03. The monoisotopic (exact) mass is 372 g/mol. The van der Waals surface area contributed by atoms with E-state index < -0.39 is 11.5 Å². The summed E-state index contributed by atoms with van der Waals surface area (Å²) < 4.78 is 0.889. The van der Waals surface area contributed by atoms with Crippen molar-refractivity contribution in [3.8, 4) is 0 Å². The number of rotatable bonds is 5. The lowest BCUT2D eigenvalue weighted by atomic mass is 10.2. The van der Waals surface area contributed by atoms with Gasteiger partial charge in [-0.15, -0.1) is 0 Å². The second-order valence-corrected chi connectivity index (χ2v) is 5.55. The lowest BCUT2D eigenvalue weighted by molar-refractivity contribution is -0.136. The van der Waals surface area contributed by atoms with Gasteiger partial charge < -0.3 is 5.11 Å². The molecule has 0 aliphatic rings. The molecule has 2 rings (SSSR count). The molecule has 0 radical (unpaired) electrons. The third kappa shape index (κ3) is 4.25. The van der Waals surface area contributed by atoms with Gasteiger partial charge in [-0.05, 0) is 18.3 Å². The van der Waals surface area contributed by atoms with Crippen molar-refractivity contribution in [2.24, 2.45) is 5.10 Å². The van der Waals surface area contributed by atoms with Crippen molar-refractivity contribution in [3.05, 3.63) is 54.6 Å². The second kappa shape index (κ2) is 7.49. The van der Waals surface area contributed by atoms with Gasteiger partial charge in [-0.25, -0.2) is 0 Å². The second-order valence-electron chi connectivity index (χ2n) is 4.37. The van der Waals surface area contributed by atoms with Crippen LogP contribution in [0.3, 0.4) is 0 Å². The molecule has 0 unspecified atom stereocenters. The van der Waals surface area contributed by atoms with Gasteiger partial charge in [0.15, 0.2) is 0 Å². The molecule has 0 spiro atoms. The number of aromatic amines is 1. The number of hydrogen-bond acceptors (Lipinski definition) is 5. The van der Waals surface area contributed by atoms with Gasteiger partial charge in [0.1, 0.15) is 5.69 Å². The highest BCUT2D eigenvalue weighted by Crippen LogP contribution is 2.24. The summed E-state index contributed by atoms with van der Waals surface area (Å²) in [4.78, 5) is 22.8. The molecule has 1 aromatic carbocycles. The molecule has 1 aromatic heterocycles. The number of carbonyl (C=O) groups is 1. The first-order valence-electron chi connectivity index (χ1n) is 6.31. The number of nitrogens with one attached hydrogen (secondary N) is 1. The molecule has 0 aliphatic carbocycles. The van der Waals surface area contributed by atoms with Crippen molar-refractivity contribution in [2.45, 2.75) is 12.8 Å². The Bertz CT molecular complexity index is 892. The fourth-order valence-electron chi connectivity index (χ4n) is 1.66. The van der Waals surface area contributed by atoms with E-state index in [9.17, 15) is 9.59 Å². The number of carboxylic acids is 1. The number of aliphatic carboxylic acids is 1. The van der Waals surface area contributed by atoms with E-state index in [2.05, 4.69) is 15.3 Å². The molecule has 2 N–H and O–H groups in total. The predicted octanol–water partition coefficient (Wildman–Crippen LogP) is 2.51. The summed E-state index contributed by atoms with van der Waals surface area (Å²) in [6.07, 6.45) is 1.07. The third-order valence-corrected chi connectivity index (χ3v) is 3.89. The van der Waals surface area contributed by atoms with E-state index in [1.807, 2.05) is 0 Å². The number of carboxylic acid groups (broad SMARTS) is 1. The minimum atomic E-state index is -1.03. The largest absolute Gasteiger partial charge is 0.481 e. The van der Waals surface area contributed by atoms with Crippen LogP contribution in [0.15, 0.2) is 28.1 Å². The third-order valence-electron chi connectivity index (χ3n) is 2.79. The van der Waals surface area contributed by atoms with E-state index in [0.717, 1.165) is 4.68 Å². The van der Waals surface area contributed by atoms with Crippen LogP contribution in [0.25, 0.3) is 0 Å². The average molecular weight is 373 g/mol. The molecule has 0 fully saturated rings. The molecule has 2 aromatic rings. The maximum atomic E-state index is 12.2. The van der Waals surface area contributed by atoms with E-state index >= 15 is 0 Å². The van der Waals surface area contributed by atoms with Crippen LogP contribution < -0.4 is 5.56 Å². The maximum absolute atomic E-state index is 12.2. The summed E-state index contributed by atoms with van der Waals surface area (Å²) in [6, 6.07) is 4.97. The quantitative estimate of drug-likeness (QED) is 0.620. The van der Waals surface area contributed by atoms with Crippen LogP contribution in [0, 0.1) is 4.77 Å². The summed E-state index contributed by atoms with van der Waals surface area (Å²) in [7, 11) is 0. The fourth-order valence-corrected chi connectivity index (χ4v) is 2.19. The number of benzene rings is 1. The van der Waals surface area contributed by atoms with Gasteiger partial charge in [0.25, 0.3) is 5.56 Å². The summed E-state index contributed by atoms with van der Waals surface area (Å²) in [6.45, 7) is 0. The number of aryl methyl sites for hydroxylation is 1. The topological polar surface area (TPSA) is 100 Å². The van der Waals surface area contributed by atoms with Gasteiger partial charge in [0.2, 0.25) is 4.77 Å². The van der Waals surface area contributed by atoms with Crippen molar-refractivity contribution in [1.82, 2.24) is 14.9 Å². The first-order chi connectivity index (χ1) is 10.9. The number of nitrogens with zero attached hydrogens (tertiary/aromatic N) is 3. The van der Waals surface area contributed by atoms with Crippen LogP contribution in [-0.4, -0.2) is 32.2 Å². The molecule has 0 saturated heterocycles. The first-order valence-corrected chi connectivity index (χ1v) is 7.47. The Morgan fingerprint density at radius 2 is 2.22 bits per heavy atom. The number of halogens is 2. The molecular weight excluding hydrogens is 363 g/mol. The number of H-pyrrole nitrogens is 1. The molecule has 0 atom stereocenters. The normalized spacial score (nSPS) is 11.0. The van der Waals surface area contributed by atoms with Crippen LogP contribution in [0.4, 0.5) is 0 Å². The Kier molecular flexibility index (Phi) is 5.64. The Labute approximate surface area is 145 Å². The van der Waals surface area contributed by atoms with E-state index in [-0.39, 0.29) is 23.3 Å². The lowest BCUT2D eigenvalue weighted by Gasteiger charge is -2.03. The highest BCUT2D eigenvalue weighted by atomic mass is 35.5. The standard InChI is InChI=1S/C13H10Cl2N4O3S/c14-8-3-1-2-7(11(8)15)6-16-19-12(22)9(4-5-10(20)21)17-18-13(19)23/h1-3,6H,4-5H2,(H,18,23)(H,20,21)/b16-6-. The molecule has 0 amide bonds. The van der Waals surface area contributed by atoms with Gasteiger partial charge in [0, 0.05) is 12.0 Å². The number of hydrogen-bond donors (Lipinski definition) is 2. The Morgan fingerprint density at radius 3 is 2.91 bits per heavy atom. The van der Waals surface area contributed by atoms with Crippen LogP contribution >= 0.6 is 35.4 Å². The SMILES string of the molecule is O=C(O)CCc1n[nH]c(=S)n(/N=C\c2cccc(Cl)c2Cl)c1=O. The molecule has 120 valence electrons. The Balaban J connectivity index is 2.39. The zero-order valence-electron chi connectivity index (χ0n) is 11.5. The minimum Gasteiger partial charge on any atom is -0.481 e. The molecule has 7 nitrogen and oxygen atoms in total. The zero-order chi connectivity index (χ0) is 17.0. The molecule has 23 heavy (non-hydrogen) atoms. The summed E-state index contributed by atoms with van der Waals surface area (Å²) in [5, 5.41) is 19.5. The Morgan fingerprint density at radius 1 is 1.48 bits per heavy atom. The van der Waals surface area contributed by atoms with Gasteiger partial charge in [-0.1, -0.05) is 35.3 Å². The van der Waals surface area contributed by atoms with E-state index in [0.29, 0.717) is 15.6 Å².